The summed E-state index contributed by atoms with van der Waals surface area (Å²) >= 11 is 0. The van der Waals surface area contributed by atoms with Crippen LogP contribution in [0.2, 0.25) is 0 Å². The molecule has 19 heavy (non-hydrogen) atoms. The van der Waals surface area contributed by atoms with Crippen molar-refractivity contribution < 1.29 is 5.11 Å². The third-order valence-electron chi connectivity index (χ3n) is 3.28. The Balaban J connectivity index is 1.86. The first kappa shape index (κ1) is 11.9. The van der Waals surface area contributed by atoms with Crippen LogP contribution in [0.25, 0.3) is 10.8 Å². The Morgan fingerprint density at radius 1 is 1.16 bits per heavy atom. The minimum atomic E-state index is -0.538. The number of hydrogen-bond acceptors (Lipinski definition) is 2. The van der Waals surface area contributed by atoms with E-state index in [0.29, 0.717) is 6.54 Å². The van der Waals surface area contributed by atoms with E-state index in [1.54, 1.807) is 10.9 Å². The fraction of sp³-hybridized carbons (Fsp3) is 0.188. The minimum Gasteiger partial charge on any atom is -0.386 e. The predicted octanol–water partition coefficient (Wildman–Crippen LogP) is 3.08. The van der Waals surface area contributed by atoms with Gasteiger partial charge in [0, 0.05) is 6.20 Å². The molecule has 0 aliphatic heterocycles. The van der Waals surface area contributed by atoms with Crippen LogP contribution in [0, 0.1) is 6.92 Å². The van der Waals surface area contributed by atoms with Crippen LogP contribution in [0.5, 0.6) is 0 Å². The quantitative estimate of drug-likeness (QED) is 0.778. The summed E-state index contributed by atoms with van der Waals surface area (Å²) in [5.74, 6) is 0. The lowest BCUT2D eigenvalue weighted by Gasteiger charge is -2.12. The van der Waals surface area contributed by atoms with Crippen molar-refractivity contribution in [3.8, 4) is 0 Å². The fourth-order valence-corrected chi connectivity index (χ4v) is 2.26. The third-order valence-corrected chi connectivity index (χ3v) is 3.28. The zero-order valence-corrected chi connectivity index (χ0v) is 10.8. The van der Waals surface area contributed by atoms with Gasteiger partial charge in [-0.1, -0.05) is 36.4 Å². The van der Waals surface area contributed by atoms with Gasteiger partial charge in [0.15, 0.2) is 0 Å². The maximum absolute atomic E-state index is 10.3. The predicted molar refractivity (Wildman–Crippen MR) is 75.9 cm³/mol. The summed E-state index contributed by atoms with van der Waals surface area (Å²) in [5, 5.41) is 16.8. The van der Waals surface area contributed by atoms with Gasteiger partial charge in [-0.15, -0.1) is 0 Å². The van der Waals surface area contributed by atoms with Crippen molar-refractivity contribution in [2.45, 2.75) is 19.6 Å². The van der Waals surface area contributed by atoms with Crippen LogP contribution in [0.1, 0.15) is 17.2 Å². The van der Waals surface area contributed by atoms with Gasteiger partial charge in [0.05, 0.1) is 18.8 Å². The molecule has 0 saturated carbocycles. The average molecular weight is 252 g/mol. The molecular formula is C16H16N2O. The molecule has 3 heteroatoms. The van der Waals surface area contributed by atoms with Crippen molar-refractivity contribution >= 4 is 10.8 Å². The normalized spacial score (nSPS) is 12.7. The Morgan fingerprint density at radius 3 is 2.68 bits per heavy atom. The Morgan fingerprint density at radius 2 is 1.95 bits per heavy atom. The van der Waals surface area contributed by atoms with Crippen molar-refractivity contribution in [2.24, 2.45) is 0 Å². The molecule has 0 aliphatic carbocycles. The zero-order chi connectivity index (χ0) is 13.2. The van der Waals surface area contributed by atoms with Gasteiger partial charge in [-0.25, -0.2) is 0 Å². The summed E-state index contributed by atoms with van der Waals surface area (Å²) < 4.78 is 1.77. The molecule has 1 atom stereocenters. The Labute approximate surface area is 112 Å². The van der Waals surface area contributed by atoms with E-state index in [-0.39, 0.29) is 0 Å². The molecule has 1 aromatic heterocycles. The first-order chi connectivity index (χ1) is 9.22. The second-order valence-corrected chi connectivity index (χ2v) is 4.86. The molecule has 0 spiro atoms. The lowest BCUT2D eigenvalue weighted by Crippen LogP contribution is -2.09. The highest BCUT2D eigenvalue weighted by Crippen LogP contribution is 2.21. The number of fused-ring (bicyclic) bond motifs is 1. The smallest absolute Gasteiger partial charge is 0.0986 e. The van der Waals surface area contributed by atoms with Crippen LogP contribution >= 0.6 is 0 Å². The molecular weight excluding hydrogens is 236 g/mol. The third kappa shape index (κ3) is 2.51. The second kappa shape index (κ2) is 4.86. The summed E-state index contributed by atoms with van der Waals surface area (Å²) in [4.78, 5) is 0. The topological polar surface area (TPSA) is 38.0 Å². The number of aromatic nitrogens is 2. The molecule has 1 N–H and O–H groups in total. The van der Waals surface area contributed by atoms with Gasteiger partial charge < -0.3 is 5.11 Å². The maximum atomic E-state index is 10.3. The van der Waals surface area contributed by atoms with E-state index in [2.05, 4.69) is 17.2 Å². The fourth-order valence-electron chi connectivity index (χ4n) is 2.26. The first-order valence-electron chi connectivity index (χ1n) is 6.38. The highest BCUT2D eigenvalue weighted by molar-refractivity contribution is 5.83. The summed E-state index contributed by atoms with van der Waals surface area (Å²) in [6, 6.07) is 14.2. The molecule has 0 bridgehead atoms. The van der Waals surface area contributed by atoms with E-state index in [0.717, 1.165) is 16.5 Å². The molecule has 2 aromatic carbocycles. The summed E-state index contributed by atoms with van der Waals surface area (Å²) in [6.45, 7) is 2.47. The number of nitrogens with zero attached hydrogens (tertiary/aromatic N) is 2. The number of benzene rings is 2. The Hall–Kier alpha value is -2.13. The molecule has 3 nitrogen and oxygen atoms in total. The molecule has 0 aliphatic rings. The molecule has 0 saturated heterocycles. The van der Waals surface area contributed by atoms with Gasteiger partial charge in [-0.05, 0) is 34.9 Å². The SMILES string of the molecule is Cc1cnn(CC(O)c2ccc3ccccc3c2)c1. The van der Waals surface area contributed by atoms with Gasteiger partial charge in [0.2, 0.25) is 0 Å². The standard InChI is InChI=1S/C16H16N2O/c1-12-9-17-18(10-12)11-16(19)15-7-6-13-4-2-3-5-14(13)8-15/h2-10,16,19H,11H2,1H3. The van der Waals surface area contributed by atoms with Crippen molar-refractivity contribution in [2.75, 3.05) is 0 Å². The summed E-state index contributed by atoms with van der Waals surface area (Å²) in [6.07, 6.45) is 3.20. The first-order valence-corrected chi connectivity index (χ1v) is 6.38. The number of rotatable bonds is 3. The lowest BCUT2D eigenvalue weighted by molar-refractivity contribution is 0.151. The van der Waals surface area contributed by atoms with Crippen LogP contribution in [0.15, 0.2) is 54.9 Å². The second-order valence-electron chi connectivity index (χ2n) is 4.86. The van der Waals surface area contributed by atoms with E-state index in [9.17, 15) is 5.11 Å². The van der Waals surface area contributed by atoms with Crippen LogP contribution in [-0.4, -0.2) is 14.9 Å². The zero-order valence-electron chi connectivity index (χ0n) is 10.8. The average Bonchev–Trinajstić information content (AvgIpc) is 2.83. The van der Waals surface area contributed by atoms with Crippen LogP contribution in [-0.2, 0) is 6.54 Å². The number of aliphatic hydroxyl groups is 1. The van der Waals surface area contributed by atoms with E-state index < -0.39 is 6.10 Å². The Bertz CT molecular complexity index is 703. The van der Waals surface area contributed by atoms with E-state index in [1.165, 1.54) is 5.39 Å². The summed E-state index contributed by atoms with van der Waals surface area (Å²) in [5.41, 5.74) is 2.03. The van der Waals surface area contributed by atoms with Gasteiger partial charge in [0.25, 0.3) is 0 Å². The van der Waals surface area contributed by atoms with Gasteiger partial charge >= 0.3 is 0 Å². The molecule has 0 fully saturated rings. The van der Waals surface area contributed by atoms with E-state index >= 15 is 0 Å². The number of aliphatic hydroxyl groups excluding tert-OH is 1. The van der Waals surface area contributed by atoms with Crippen molar-refractivity contribution in [1.29, 1.82) is 0 Å². The minimum absolute atomic E-state index is 0.478. The molecule has 0 radical (unpaired) electrons. The van der Waals surface area contributed by atoms with Gasteiger partial charge in [0.1, 0.15) is 0 Å². The van der Waals surface area contributed by atoms with Crippen molar-refractivity contribution in [3.63, 3.8) is 0 Å². The number of hydrogen-bond donors (Lipinski definition) is 1. The maximum Gasteiger partial charge on any atom is 0.0986 e. The summed E-state index contributed by atoms with van der Waals surface area (Å²) in [7, 11) is 0. The molecule has 1 unspecified atom stereocenters. The lowest BCUT2D eigenvalue weighted by atomic mass is 10.0. The molecule has 3 rings (SSSR count). The molecule has 3 aromatic rings. The number of aryl methyl sites for hydroxylation is 1. The van der Waals surface area contributed by atoms with Crippen LogP contribution < -0.4 is 0 Å². The largest absolute Gasteiger partial charge is 0.386 e. The van der Waals surface area contributed by atoms with Crippen molar-refractivity contribution in [1.82, 2.24) is 9.78 Å². The highest BCUT2D eigenvalue weighted by atomic mass is 16.3. The highest BCUT2D eigenvalue weighted by Gasteiger charge is 2.09. The van der Waals surface area contributed by atoms with Gasteiger partial charge in [-0.3, -0.25) is 4.68 Å². The van der Waals surface area contributed by atoms with Crippen LogP contribution in [0.3, 0.4) is 0 Å². The Kier molecular flexibility index (Phi) is 3.05. The van der Waals surface area contributed by atoms with Crippen LogP contribution in [0.4, 0.5) is 0 Å². The monoisotopic (exact) mass is 252 g/mol. The van der Waals surface area contributed by atoms with Crippen molar-refractivity contribution in [3.05, 3.63) is 66.0 Å². The van der Waals surface area contributed by atoms with Gasteiger partial charge in [-0.2, -0.15) is 5.10 Å². The molecule has 96 valence electrons. The van der Waals surface area contributed by atoms with E-state index in [1.807, 2.05) is 43.5 Å². The molecule has 1 heterocycles. The molecule has 0 amide bonds. The van der Waals surface area contributed by atoms with E-state index in [4.69, 9.17) is 0 Å².